The summed E-state index contributed by atoms with van der Waals surface area (Å²) in [6, 6.07) is 17.3. The van der Waals surface area contributed by atoms with E-state index in [4.69, 9.17) is 15.5 Å². The van der Waals surface area contributed by atoms with Crippen LogP contribution < -0.4 is 5.73 Å². The van der Waals surface area contributed by atoms with E-state index in [0.717, 1.165) is 11.3 Å². The van der Waals surface area contributed by atoms with Crippen LogP contribution in [0.2, 0.25) is 0 Å². The predicted octanol–water partition coefficient (Wildman–Crippen LogP) is 4.45. The van der Waals surface area contributed by atoms with Crippen LogP contribution in [0.3, 0.4) is 0 Å². The van der Waals surface area contributed by atoms with E-state index in [1.165, 1.54) is 4.57 Å². The lowest BCUT2D eigenvalue weighted by atomic mass is 10.1. The molecule has 0 radical (unpaired) electrons. The minimum Gasteiger partial charge on any atom is -0.443 e. The van der Waals surface area contributed by atoms with Gasteiger partial charge in [0.05, 0.1) is 22.6 Å². The first-order valence-corrected chi connectivity index (χ1v) is 9.68. The van der Waals surface area contributed by atoms with E-state index in [-0.39, 0.29) is 5.95 Å². The molecule has 0 aliphatic carbocycles. The summed E-state index contributed by atoms with van der Waals surface area (Å²) in [6.45, 7) is 5.50. The van der Waals surface area contributed by atoms with Crippen LogP contribution in [0.25, 0.3) is 22.4 Å². The highest BCUT2D eigenvalue weighted by Crippen LogP contribution is 2.25. The third kappa shape index (κ3) is 4.15. The van der Waals surface area contributed by atoms with E-state index < -0.39 is 11.7 Å². The Bertz CT molecular complexity index is 1210. The molecule has 3 heterocycles. The van der Waals surface area contributed by atoms with Crippen LogP contribution in [-0.4, -0.2) is 31.2 Å². The summed E-state index contributed by atoms with van der Waals surface area (Å²) in [4.78, 5) is 26.1. The average Bonchev–Trinajstić information content (AvgIpc) is 3.17. The van der Waals surface area contributed by atoms with Gasteiger partial charge in [0.2, 0.25) is 5.95 Å². The number of hydrogen-bond acceptors (Lipinski definition) is 6. The first kappa shape index (κ1) is 19.6. The van der Waals surface area contributed by atoms with Gasteiger partial charge in [-0.15, -0.1) is 0 Å². The van der Waals surface area contributed by atoms with E-state index in [0.29, 0.717) is 28.8 Å². The molecule has 1 aromatic carbocycles. The number of carbonyl (C=O) groups is 1. The lowest BCUT2D eigenvalue weighted by Gasteiger charge is -2.20. The molecule has 0 spiro atoms. The van der Waals surface area contributed by atoms with Crippen molar-refractivity contribution in [1.82, 2.24) is 19.5 Å². The van der Waals surface area contributed by atoms with Crippen molar-refractivity contribution in [2.24, 2.45) is 0 Å². The summed E-state index contributed by atoms with van der Waals surface area (Å²) in [5, 5.41) is 0. The molecule has 4 aromatic rings. The molecule has 0 aliphatic rings. The second kappa shape index (κ2) is 7.59. The van der Waals surface area contributed by atoms with E-state index in [2.05, 4.69) is 9.97 Å². The van der Waals surface area contributed by atoms with E-state index >= 15 is 0 Å². The third-order valence-electron chi connectivity index (χ3n) is 4.45. The fourth-order valence-electron chi connectivity index (χ4n) is 3.21. The third-order valence-corrected chi connectivity index (χ3v) is 4.45. The lowest BCUT2D eigenvalue weighted by Crippen LogP contribution is -2.27. The average molecular weight is 401 g/mol. The molecule has 7 heteroatoms. The van der Waals surface area contributed by atoms with Gasteiger partial charge in [0, 0.05) is 12.6 Å². The first-order chi connectivity index (χ1) is 14.3. The number of nitrogen functional groups attached to an aromatic ring is 1. The number of ether oxygens (including phenoxy) is 1. The highest BCUT2D eigenvalue weighted by Gasteiger charge is 2.20. The summed E-state index contributed by atoms with van der Waals surface area (Å²) in [5.74, 6) is 0.208. The molecule has 0 saturated carbocycles. The zero-order valence-corrected chi connectivity index (χ0v) is 17.2. The van der Waals surface area contributed by atoms with Crippen molar-refractivity contribution >= 4 is 23.1 Å². The van der Waals surface area contributed by atoms with Crippen molar-refractivity contribution < 1.29 is 9.53 Å². The summed E-state index contributed by atoms with van der Waals surface area (Å²) in [6.07, 6.45) is 1.79. The van der Waals surface area contributed by atoms with Crippen molar-refractivity contribution in [3.05, 3.63) is 72.1 Å². The number of anilines is 1. The molecule has 0 bridgehead atoms. The topological polar surface area (TPSA) is 95.9 Å². The van der Waals surface area contributed by atoms with Crippen molar-refractivity contribution in [2.45, 2.75) is 32.8 Å². The van der Waals surface area contributed by atoms with Crippen LogP contribution in [0, 0.1) is 0 Å². The molecule has 152 valence electrons. The highest BCUT2D eigenvalue weighted by atomic mass is 16.6. The fourth-order valence-corrected chi connectivity index (χ4v) is 3.21. The van der Waals surface area contributed by atoms with Crippen LogP contribution in [0.4, 0.5) is 10.7 Å². The van der Waals surface area contributed by atoms with Gasteiger partial charge in [0.15, 0.2) is 0 Å². The summed E-state index contributed by atoms with van der Waals surface area (Å²) in [5.41, 5.74) is 9.73. The van der Waals surface area contributed by atoms with Gasteiger partial charge in [-0.05, 0) is 50.6 Å². The smallest absolute Gasteiger partial charge is 0.419 e. The van der Waals surface area contributed by atoms with E-state index in [1.54, 1.807) is 12.3 Å². The normalized spacial score (nSPS) is 11.6. The largest absolute Gasteiger partial charge is 0.443 e. The highest BCUT2D eigenvalue weighted by molar-refractivity contribution is 5.83. The molecular formula is C23H23N5O2. The van der Waals surface area contributed by atoms with Crippen LogP contribution in [0.5, 0.6) is 0 Å². The molecule has 4 rings (SSSR count). The number of fused-ring (bicyclic) bond motifs is 1. The van der Waals surface area contributed by atoms with Gasteiger partial charge in [0.25, 0.3) is 0 Å². The second-order valence-electron chi connectivity index (χ2n) is 8.00. The van der Waals surface area contributed by atoms with Gasteiger partial charge in [-0.25, -0.2) is 19.7 Å². The minimum atomic E-state index is -0.594. The fraction of sp³-hybridized carbons (Fsp3) is 0.217. The molecule has 0 atom stereocenters. The Morgan fingerprint density at radius 1 is 1.00 bits per heavy atom. The lowest BCUT2D eigenvalue weighted by molar-refractivity contribution is 0.0540. The van der Waals surface area contributed by atoms with E-state index in [9.17, 15) is 4.79 Å². The van der Waals surface area contributed by atoms with Crippen LogP contribution >= 0.6 is 0 Å². The Balaban J connectivity index is 1.78. The van der Waals surface area contributed by atoms with Gasteiger partial charge >= 0.3 is 6.09 Å². The molecule has 0 unspecified atom stereocenters. The molecule has 0 fully saturated rings. The molecular weight excluding hydrogens is 378 g/mol. The number of hydrogen-bond donors (Lipinski definition) is 1. The van der Waals surface area contributed by atoms with Crippen molar-refractivity contribution in [3.8, 4) is 11.4 Å². The number of nitrogens with zero attached hydrogens (tertiary/aromatic N) is 4. The Morgan fingerprint density at radius 3 is 2.50 bits per heavy atom. The summed E-state index contributed by atoms with van der Waals surface area (Å²) >= 11 is 0. The molecule has 0 aliphatic heterocycles. The second-order valence-corrected chi connectivity index (χ2v) is 8.00. The molecule has 7 nitrogen and oxygen atoms in total. The van der Waals surface area contributed by atoms with Crippen LogP contribution in [-0.2, 0) is 11.2 Å². The minimum absolute atomic E-state index is 0.208. The number of benzene rings is 1. The van der Waals surface area contributed by atoms with Gasteiger partial charge in [-0.3, -0.25) is 4.57 Å². The molecule has 0 saturated heterocycles. The SMILES string of the molecule is CC(C)(C)OC(=O)n1cccc1-c1ccc2nc(N)nc(Cc3ccccc3)c2n1. The Hall–Kier alpha value is -3.74. The monoisotopic (exact) mass is 401 g/mol. The van der Waals surface area contributed by atoms with Crippen molar-refractivity contribution in [3.63, 3.8) is 0 Å². The van der Waals surface area contributed by atoms with Crippen molar-refractivity contribution in [2.75, 3.05) is 5.73 Å². The molecule has 0 amide bonds. The summed E-state index contributed by atoms with van der Waals surface area (Å²) in [7, 11) is 0. The maximum Gasteiger partial charge on any atom is 0.419 e. The van der Waals surface area contributed by atoms with Gasteiger partial charge in [-0.2, -0.15) is 0 Å². The zero-order chi connectivity index (χ0) is 21.3. The predicted molar refractivity (Wildman–Crippen MR) is 116 cm³/mol. The molecule has 3 aromatic heterocycles. The Labute approximate surface area is 174 Å². The van der Waals surface area contributed by atoms with E-state index in [1.807, 2.05) is 69.3 Å². The van der Waals surface area contributed by atoms with Crippen molar-refractivity contribution in [1.29, 1.82) is 0 Å². The van der Waals surface area contributed by atoms with Crippen LogP contribution in [0.1, 0.15) is 32.0 Å². The van der Waals surface area contributed by atoms with Gasteiger partial charge in [0.1, 0.15) is 11.1 Å². The number of nitrogens with two attached hydrogens (primary N) is 1. The standard InChI is InChI=1S/C23H23N5O2/c1-23(2,3)30-22(29)28-13-7-10-19(28)16-11-12-17-20(25-16)18(27-21(24)26-17)14-15-8-5-4-6-9-15/h4-13H,14H2,1-3H3,(H2,24,26,27). The molecule has 30 heavy (non-hydrogen) atoms. The number of rotatable bonds is 3. The number of carbonyl (C=O) groups excluding carboxylic acids is 1. The molecule has 2 N–H and O–H groups in total. The Kier molecular flexibility index (Phi) is 4.95. The first-order valence-electron chi connectivity index (χ1n) is 9.68. The van der Waals surface area contributed by atoms with Gasteiger partial charge < -0.3 is 10.5 Å². The number of pyridine rings is 1. The maximum absolute atomic E-state index is 12.6. The quantitative estimate of drug-likeness (QED) is 0.545. The maximum atomic E-state index is 12.6. The zero-order valence-electron chi connectivity index (χ0n) is 17.2. The number of aromatic nitrogens is 4. The van der Waals surface area contributed by atoms with Crippen LogP contribution in [0.15, 0.2) is 60.8 Å². The Morgan fingerprint density at radius 2 is 1.77 bits per heavy atom. The summed E-state index contributed by atoms with van der Waals surface area (Å²) < 4.78 is 6.96. The van der Waals surface area contributed by atoms with Gasteiger partial charge in [-0.1, -0.05) is 30.3 Å².